The Morgan fingerprint density at radius 3 is 2.48 bits per heavy atom. The van der Waals surface area contributed by atoms with Crippen molar-refractivity contribution in [2.75, 3.05) is 43.0 Å². The van der Waals surface area contributed by atoms with E-state index in [1.807, 2.05) is 0 Å². The Balaban J connectivity index is 1.36. The van der Waals surface area contributed by atoms with Crippen molar-refractivity contribution in [3.8, 4) is 0 Å². The Kier molecular flexibility index (Phi) is 5.76. The van der Waals surface area contributed by atoms with Crippen molar-refractivity contribution < 1.29 is 18.7 Å². The summed E-state index contributed by atoms with van der Waals surface area (Å²) in [6.45, 7) is 3.16. The summed E-state index contributed by atoms with van der Waals surface area (Å²) in [6, 6.07) is 13.4. The maximum absolute atomic E-state index is 13.1. The first kappa shape index (κ1) is 19.4. The first-order chi connectivity index (χ1) is 14.1. The van der Waals surface area contributed by atoms with E-state index in [1.165, 1.54) is 12.1 Å². The molecule has 29 heavy (non-hydrogen) atoms. The zero-order valence-corrected chi connectivity index (χ0v) is 16.1. The molecule has 1 unspecified atom stereocenters. The minimum atomic E-state index is -0.408. The molecule has 0 saturated carbocycles. The number of rotatable bonds is 4. The van der Waals surface area contributed by atoms with Crippen LogP contribution in [0.5, 0.6) is 0 Å². The minimum absolute atomic E-state index is 0.0584. The molecule has 1 atom stereocenters. The first-order valence-corrected chi connectivity index (χ1v) is 9.92. The van der Waals surface area contributed by atoms with Gasteiger partial charge in [-0.2, -0.15) is 0 Å². The quantitative estimate of drug-likeness (QED) is 0.862. The van der Waals surface area contributed by atoms with Gasteiger partial charge in [0, 0.05) is 49.7 Å². The molecule has 4 rings (SSSR count). The van der Waals surface area contributed by atoms with Gasteiger partial charge in [-0.05, 0) is 55.3 Å². The van der Waals surface area contributed by atoms with Crippen LogP contribution in [0.3, 0.4) is 0 Å². The van der Waals surface area contributed by atoms with E-state index in [0.29, 0.717) is 44.0 Å². The lowest BCUT2D eigenvalue weighted by molar-refractivity contribution is -0.124. The second kappa shape index (κ2) is 8.61. The van der Waals surface area contributed by atoms with Crippen molar-refractivity contribution in [3.05, 3.63) is 59.9 Å². The third-order valence-electron chi connectivity index (χ3n) is 5.36. The molecular weight excluding hydrogens is 373 g/mol. The van der Waals surface area contributed by atoms with E-state index in [-0.39, 0.29) is 17.6 Å². The van der Waals surface area contributed by atoms with E-state index in [2.05, 4.69) is 10.2 Å². The van der Waals surface area contributed by atoms with Crippen LogP contribution in [0.2, 0.25) is 0 Å². The van der Waals surface area contributed by atoms with Crippen LogP contribution < -0.4 is 10.2 Å². The topological polar surface area (TPSA) is 61.9 Å². The van der Waals surface area contributed by atoms with E-state index in [0.717, 1.165) is 18.5 Å². The molecule has 2 heterocycles. The van der Waals surface area contributed by atoms with Crippen LogP contribution >= 0.6 is 0 Å². The summed E-state index contributed by atoms with van der Waals surface area (Å²) in [6.07, 6.45) is 1.21. The second-order valence-corrected chi connectivity index (χ2v) is 7.33. The van der Waals surface area contributed by atoms with Gasteiger partial charge in [-0.15, -0.1) is 0 Å². The maximum atomic E-state index is 13.1. The Hall–Kier alpha value is -2.93. The molecular formula is C22H24FN3O3. The van der Waals surface area contributed by atoms with Crippen LogP contribution in [0.4, 0.5) is 15.8 Å². The predicted molar refractivity (Wildman–Crippen MR) is 109 cm³/mol. The van der Waals surface area contributed by atoms with Crippen molar-refractivity contribution in [3.63, 3.8) is 0 Å². The zero-order chi connectivity index (χ0) is 20.2. The van der Waals surface area contributed by atoms with Crippen LogP contribution in [0.15, 0.2) is 48.5 Å². The molecule has 0 spiro atoms. The van der Waals surface area contributed by atoms with Gasteiger partial charge >= 0.3 is 0 Å². The highest BCUT2D eigenvalue weighted by atomic mass is 19.1. The predicted octanol–water partition coefficient (Wildman–Crippen LogP) is 2.91. The Bertz CT molecular complexity index is 873. The van der Waals surface area contributed by atoms with Crippen molar-refractivity contribution in [1.82, 2.24) is 4.90 Å². The average molecular weight is 397 g/mol. The first-order valence-electron chi connectivity index (χ1n) is 9.92. The fourth-order valence-corrected chi connectivity index (χ4v) is 3.74. The van der Waals surface area contributed by atoms with Gasteiger partial charge in [0.1, 0.15) is 11.9 Å². The molecule has 2 aromatic carbocycles. The van der Waals surface area contributed by atoms with Crippen LogP contribution in [0.25, 0.3) is 0 Å². The monoisotopic (exact) mass is 397 g/mol. The molecule has 2 fully saturated rings. The lowest BCUT2D eigenvalue weighted by Gasteiger charge is -2.36. The van der Waals surface area contributed by atoms with Gasteiger partial charge < -0.3 is 19.9 Å². The van der Waals surface area contributed by atoms with Crippen molar-refractivity contribution >= 4 is 23.2 Å². The molecule has 0 aliphatic carbocycles. The van der Waals surface area contributed by atoms with E-state index in [9.17, 15) is 14.0 Å². The molecule has 2 aliphatic heterocycles. The minimum Gasteiger partial charge on any atom is -0.368 e. The summed E-state index contributed by atoms with van der Waals surface area (Å²) < 4.78 is 18.5. The number of carbonyl (C=O) groups excluding carboxylic acids is 2. The zero-order valence-electron chi connectivity index (χ0n) is 16.1. The van der Waals surface area contributed by atoms with Gasteiger partial charge in [0.2, 0.25) is 0 Å². The van der Waals surface area contributed by atoms with E-state index >= 15 is 0 Å². The Morgan fingerprint density at radius 1 is 1.03 bits per heavy atom. The second-order valence-electron chi connectivity index (χ2n) is 7.33. The standard InChI is InChI=1S/C22H24FN3O3/c23-17-6-8-19(9-7-17)25-10-12-26(13-11-25)22(28)16-3-1-4-18(15-16)24-21(27)20-5-2-14-29-20/h1,3-4,6-9,15,20H,2,5,10-14H2,(H,24,27). The summed E-state index contributed by atoms with van der Waals surface area (Å²) in [5.41, 5.74) is 2.10. The van der Waals surface area contributed by atoms with Crippen molar-refractivity contribution in [2.45, 2.75) is 18.9 Å². The Morgan fingerprint density at radius 2 is 1.79 bits per heavy atom. The number of hydrogen-bond acceptors (Lipinski definition) is 4. The fourth-order valence-electron chi connectivity index (χ4n) is 3.74. The number of piperazine rings is 1. The van der Waals surface area contributed by atoms with Crippen LogP contribution in [0.1, 0.15) is 23.2 Å². The third-order valence-corrected chi connectivity index (χ3v) is 5.36. The molecule has 0 aromatic heterocycles. The van der Waals surface area contributed by atoms with E-state index in [4.69, 9.17) is 4.74 Å². The van der Waals surface area contributed by atoms with Crippen LogP contribution in [-0.4, -0.2) is 55.6 Å². The normalized spacial score (nSPS) is 19.3. The number of halogens is 1. The molecule has 0 bridgehead atoms. The van der Waals surface area contributed by atoms with Crippen LogP contribution in [0, 0.1) is 5.82 Å². The number of nitrogens with one attached hydrogen (secondary N) is 1. The number of anilines is 2. The summed E-state index contributed by atoms with van der Waals surface area (Å²) in [7, 11) is 0. The van der Waals surface area contributed by atoms with Crippen molar-refractivity contribution in [1.29, 1.82) is 0 Å². The molecule has 2 aliphatic rings. The average Bonchev–Trinajstić information content (AvgIpc) is 3.29. The van der Waals surface area contributed by atoms with E-state index in [1.54, 1.807) is 41.3 Å². The largest absolute Gasteiger partial charge is 0.368 e. The highest BCUT2D eigenvalue weighted by molar-refractivity contribution is 5.98. The molecule has 7 heteroatoms. The molecule has 152 valence electrons. The summed E-state index contributed by atoms with van der Waals surface area (Å²) in [5.74, 6) is -0.481. The number of ether oxygens (including phenoxy) is 1. The van der Waals surface area contributed by atoms with Gasteiger partial charge in [0.15, 0.2) is 0 Å². The van der Waals surface area contributed by atoms with Gasteiger partial charge in [-0.25, -0.2) is 4.39 Å². The molecule has 2 saturated heterocycles. The van der Waals surface area contributed by atoms with Gasteiger partial charge in [0.25, 0.3) is 11.8 Å². The number of benzene rings is 2. The number of amides is 2. The van der Waals surface area contributed by atoms with Gasteiger partial charge in [0.05, 0.1) is 0 Å². The maximum Gasteiger partial charge on any atom is 0.254 e. The highest BCUT2D eigenvalue weighted by Gasteiger charge is 2.25. The molecule has 2 amide bonds. The number of nitrogens with zero attached hydrogens (tertiary/aromatic N) is 2. The molecule has 1 N–H and O–H groups in total. The lowest BCUT2D eigenvalue weighted by Crippen LogP contribution is -2.48. The van der Waals surface area contributed by atoms with E-state index < -0.39 is 6.10 Å². The summed E-state index contributed by atoms with van der Waals surface area (Å²) in [4.78, 5) is 29.1. The molecule has 6 nitrogen and oxygen atoms in total. The van der Waals surface area contributed by atoms with Gasteiger partial charge in [-0.3, -0.25) is 9.59 Å². The SMILES string of the molecule is O=C(Nc1cccc(C(=O)N2CCN(c3ccc(F)cc3)CC2)c1)C1CCCO1. The van der Waals surface area contributed by atoms with Crippen LogP contribution in [-0.2, 0) is 9.53 Å². The highest BCUT2D eigenvalue weighted by Crippen LogP contribution is 2.20. The summed E-state index contributed by atoms with van der Waals surface area (Å²) >= 11 is 0. The van der Waals surface area contributed by atoms with Crippen molar-refractivity contribution in [2.24, 2.45) is 0 Å². The number of carbonyl (C=O) groups is 2. The Labute approximate surface area is 169 Å². The molecule has 0 radical (unpaired) electrons. The number of hydrogen-bond donors (Lipinski definition) is 1. The van der Waals surface area contributed by atoms with Gasteiger partial charge in [-0.1, -0.05) is 6.07 Å². The smallest absolute Gasteiger partial charge is 0.254 e. The lowest BCUT2D eigenvalue weighted by atomic mass is 10.1. The summed E-state index contributed by atoms with van der Waals surface area (Å²) in [5, 5.41) is 2.84. The molecule has 2 aromatic rings. The third kappa shape index (κ3) is 4.56. The fraction of sp³-hybridized carbons (Fsp3) is 0.364.